The van der Waals surface area contributed by atoms with Gasteiger partial charge in [0.15, 0.2) is 0 Å². The van der Waals surface area contributed by atoms with Crippen LogP contribution in [0.1, 0.15) is 56.1 Å². The summed E-state index contributed by atoms with van der Waals surface area (Å²) in [4.78, 5) is 16.7. The van der Waals surface area contributed by atoms with E-state index in [-0.39, 0.29) is 35.9 Å². The highest BCUT2D eigenvalue weighted by Crippen LogP contribution is 2.51. The second-order valence-corrected chi connectivity index (χ2v) is 13.0. The monoisotopic (exact) mass is 536 g/mol. The number of benzene rings is 2. The molecule has 0 aromatic heterocycles. The molecular weight excluding hydrogens is 500 g/mol. The summed E-state index contributed by atoms with van der Waals surface area (Å²) in [5, 5.41) is 12.0. The summed E-state index contributed by atoms with van der Waals surface area (Å²) < 4.78 is 17.8. The molecule has 6 aliphatic rings. The second kappa shape index (κ2) is 9.82. The maximum Gasteiger partial charge on any atom is 0.321 e. The number of carbonyl (C=O) groups excluding carboxylic acids is 1. The zero-order valence-corrected chi connectivity index (χ0v) is 22.4. The standard InChI is InChI=1S/C30H36N2O5S/c33-27-31(18-21-9-3-1-4-10-21)25-20-38-30(34,26(25)32(27)19-22-11-5-2-6-12-22)14-8-7-13-29-16-23-15-24(17-29)36-28(35-23)37-29/h1-6,9-12,23-26,28,34H,7-8,13-20H2/t23?,24?,25-,26-,28?,29?,30?/m0/s1. The Kier molecular flexibility index (Phi) is 6.44. The minimum atomic E-state index is -0.963. The van der Waals surface area contributed by atoms with Crippen molar-refractivity contribution in [2.75, 3.05) is 5.75 Å². The third kappa shape index (κ3) is 4.54. The summed E-state index contributed by atoms with van der Waals surface area (Å²) in [7, 11) is 0. The lowest BCUT2D eigenvalue weighted by atomic mass is 9.76. The van der Waals surface area contributed by atoms with Crippen LogP contribution in [-0.2, 0) is 27.3 Å². The second-order valence-electron chi connectivity index (χ2n) is 11.6. The molecule has 5 atom stereocenters. The Balaban J connectivity index is 1.05. The molecular formula is C30H36N2O5S. The molecule has 0 spiro atoms. The van der Waals surface area contributed by atoms with E-state index < -0.39 is 11.4 Å². The number of amides is 2. The van der Waals surface area contributed by atoms with Gasteiger partial charge in [0, 0.05) is 38.1 Å². The van der Waals surface area contributed by atoms with Gasteiger partial charge in [0.25, 0.3) is 6.48 Å². The van der Waals surface area contributed by atoms with Crippen molar-refractivity contribution in [2.45, 2.75) is 99.3 Å². The molecule has 202 valence electrons. The smallest absolute Gasteiger partial charge is 0.321 e. The molecule has 0 radical (unpaired) electrons. The van der Waals surface area contributed by atoms with Crippen LogP contribution in [0, 0.1) is 0 Å². The van der Waals surface area contributed by atoms with Crippen LogP contribution < -0.4 is 0 Å². The summed E-state index contributed by atoms with van der Waals surface area (Å²) in [5.74, 6) is 0.748. The number of fused-ring (bicyclic) bond motifs is 1. The molecule has 38 heavy (non-hydrogen) atoms. The van der Waals surface area contributed by atoms with Crippen molar-refractivity contribution in [3.05, 3.63) is 71.8 Å². The average Bonchev–Trinajstić information content (AvgIpc) is 3.38. The normalized spacial score (nSPS) is 37.3. The fourth-order valence-corrected chi connectivity index (χ4v) is 8.91. The number of urea groups is 1. The van der Waals surface area contributed by atoms with Gasteiger partial charge in [-0.25, -0.2) is 4.79 Å². The quantitative estimate of drug-likeness (QED) is 0.364. The fourth-order valence-electron chi connectivity index (χ4n) is 7.35. The van der Waals surface area contributed by atoms with Gasteiger partial charge in [-0.2, -0.15) is 0 Å². The van der Waals surface area contributed by atoms with Gasteiger partial charge >= 0.3 is 6.03 Å². The van der Waals surface area contributed by atoms with Gasteiger partial charge in [0.05, 0.1) is 29.9 Å². The number of hydrogen-bond donors (Lipinski definition) is 1. The van der Waals surface area contributed by atoms with E-state index in [9.17, 15) is 9.90 Å². The molecule has 1 saturated carbocycles. The molecule has 1 aliphatic carbocycles. The van der Waals surface area contributed by atoms with E-state index in [4.69, 9.17) is 14.2 Å². The third-order valence-electron chi connectivity index (χ3n) is 9.05. The van der Waals surface area contributed by atoms with Crippen LogP contribution in [0.25, 0.3) is 0 Å². The number of rotatable bonds is 9. The van der Waals surface area contributed by atoms with Crippen molar-refractivity contribution in [3.8, 4) is 0 Å². The van der Waals surface area contributed by atoms with Crippen LogP contribution in [0.5, 0.6) is 0 Å². The van der Waals surface area contributed by atoms with Gasteiger partial charge in [-0.1, -0.05) is 67.1 Å². The molecule has 4 bridgehead atoms. The molecule has 5 aliphatic heterocycles. The summed E-state index contributed by atoms with van der Waals surface area (Å²) in [6.45, 7) is 0.579. The molecule has 7 nitrogen and oxygen atoms in total. The van der Waals surface area contributed by atoms with E-state index in [0.29, 0.717) is 19.5 Å². The molecule has 8 heteroatoms. The van der Waals surface area contributed by atoms with Crippen LogP contribution >= 0.6 is 11.8 Å². The number of nitrogens with zero attached hydrogens (tertiary/aromatic N) is 2. The Bertz CT molecular complexity index is 1110. The predicted molar refractivity (Wildman–Crippen MR) is 144 cm³/mol. The zero-order chi connectivity index (χ0) is 25.7. The molecule has 2 aromatic carbocycles. The molecule has 8 rings (SSSR count). The van der Waals surface area contributed by atoms with E-state index in [1.807, 2.05) is 46.2 Å². The van der Waals surface area contributed by atoms with Crippen molar-refractivity contribution in [3.63, 3.8) is 0 Å². The number of ether oxygens (including phenoxy) is 3. The van der Waals surface area contributed by atoms with Crippen LogP contribution in [0.2, 0.25) is 0 Å². The number of aliphatic hydroxyl groups is 1. The average molecular weight is 537 g/mol. The molecule has 1 N–H and O–H groups in total. The highest BCUT2D eigenvalue weighted by molar-refractivity contribution is 8.00. The minimum absolute atomic E-state index is 0.0118. The predicted octanol–water partition coefficient (Wildman–Crippen LogP) is 4.88. The van der Waals surface area contributed by atoms with Gasteiger partial charge in [-0.05, 0) is 30.4 Å². The van der Waals surface area contributed by atoms with Crippen molar-refractivity contribution < 1.29 is 24.1 Å². The highest BCUT2D eigenvalue weighted by Gasteiger charge is 2.60. The first-order chi connectivity index (χ1) is 18.5. The molecule has 3 unspecified atom stereocenters. The number of unbranched alkanes of at least 4 members (excludes halogenated alkanes) is 1. The lowest BCUT2D eigenvalue weighted by Crippen LogP contribution is -2.61. The van der Waals surface area contributed by atoms with E-state index >= 15 is 0 Å². The van der Waals surface area contributed by atoms with E-state index in [2.05, 4.69) is 24.3 Å². The number of carbonyl (C=O) groups is 1. The van der Waals surface area contributed by atoms with Gasteiger partial charge in [0.1, 0.15) is 4.93 Å². The summed E-state index contributed by atoms with van der Waals surface area (Å²) in [6.07, 6.45) is 6.87. The molecule has 5 saturated heterocycles. The van der Waals surface area contributed by atoms with E-state index in [0.717, 1.165) is 55.4 Å². The first-order valence-electron chi connectivity index (χ1n) is 14.0. The Hall–Kier alpha value is -2.10. The zero-order valence-electron chi connectivity index (χ0n) is 21.6. The van der Waals surface area contributed by atoms with E-state index in [1.165, 1.54) is 0 Å². The van der Waals surface area contributed by atoms with Gasteiger partial charge in [-0.15, -0.1) is 11.8 Å². The van der Waals surface area contributed by atoms with Crippen LogP contribution in [0.15, 0.2) is 60.7 Å². The number of thioether (sulfide) groups is 1. The molecule has 2 aromatic rings. The van der Waals surface area contributed by atoms with E-state index in [1.54, 1.807) is 11.8 Å². The van der Waals surface area contributed by atoms with Crippen LogP contribution in [0.3, 0.4) is 0 Å². The minimum Gasteiger partial charge on any atom is -0.377 e. The lowest BCUT2D eigenvalue weighted by Gasteiger charge is -2.55. The Morgan fingerprint density at radius 3 is 2.11 bits per heavy atom. The molecule has 5 heterocycles. The summed E-state index contributed by atoms with van der Waals surface area (Å²) >= 11 is 1.63. The third-order valence-corrected chi connectivity index (χ3v) is 10.5. The van der Waals surface area contributed by atoms with Gasteiger partial charge in [0.2, 0.25) is 0 Å². The SMILES string of the molecule is O=C1N(Cc2ccccc2)[C@H]2[C@H](CSC2(O)CCCCC23CC4CC(C2)OC(O4)O3)N1Cc1ccccc1. The Labute approximate surface area is 228 Å². The van der Waals surface area contributed by atoms with Crippen molar-refractivity contribution >= 4 is 17.8 Å². The topological polar surface area (TPSA) is 71.5 Å². The Morgan fingerprint density at radius 2 is 1.47 bits per heavy atom. The van der Waals surface area contributed by atoms with Crippen molar-refractivity contribution in [2.24, 2.45) is 0 Å². The fraction of sp³-hybridized carbons (Fsp3) is 0.567. The van der Waals surface area contributed by atoms with Crippen molar-refractivity contribution in [1.29, 1.82) is 0 Å². The Morgan fingerprint density at radius 1 is 0.868 bits per heavy atom. The lowest BCUT2D eigenvalue weighted by molar-refractivity contribution is -0.450. The molecule has 6 fully saturated rings. The summed E-state index contributed by atoms with van der Waals surface area (Å²) in [6, 6.07) is 20.1. The van der Waals surface area contributed by atoms with Gasteiger partial charge in [-0.3, -0.25) is 0 Å². The number of hydrogen-bond acceptors (Lipinski definition) is 6. The first kappa shape index (κ1) is 24.9. The van der Waals surface area contributed by atoms with Crippen LogP contribution in [-0.4, -0.2) is 68.0 Å². The van der Waals surface area contributed by atoms with Crippen molar-refractivity contribution in [1.82, 2.24) is 9.80 Å². The summed E-state index contributed by atoms with van der Waals surface area (Å²) in [5.41, 5.74) is 2.06. The first-order valence-corrected chi connectivity index (χ1v) is 15.0. The highest BCUT2D eigenvalue weighted by atomic mass is 32.2. The largest absolute Gasteiger partial charge is 0.377 e. The van der Waals surface area contributed by atoms with Gasteiger partial charge < -0.3 is 29.1 Å². The maximum atomic E-state index is 13.8. The van der Waals surface area contributed by atoms with Crippen LogP contribution in [0.4, 0.5) is 4.79 Å². The maximum absolute atomic E-state index is 13.8. The molecule has 2 amide bonds.